The number of rotatable bonds is 2. The molecular formula is C15H11BrN2O. The van der Waals surface area contributed by atoms with Crippen LogP contribution in [0.15, 0.2) is 57.8 Å². The summed E-state index contributed by atoms with van der Waals surface area (Å²) in [6.45, 7) is 0. The second-order valence-corrected chi connectivity index (χ2v) is 5.15. The topological polar surface area (TPSA) is 45.8 Å². The van der Waals surface area contributed by atoms with Gasteiger partial charge in [0.25, 0.3) is 5.56 Å². The van der Waals surface area contributed by atoms with Crippen LogP contribution < -0.4 is 5.56 Å². The van der Waals surface area contributed by atoms with Crippen molar-refractivity contribution in [2.24, 2.45) is 0 Å². The predicted octanol–water partition coefficient (Wildman–Crippen LogP) is 3.28. The molecule has 0 radical (unpaired) electrons. The highest BCUT2D eigenvalue weighted by atomic mass is 79.9. The number of nitrogens with zero attached hydrogens (tertiary/aromatic N) is 1. The molecule has 94 valence electrons. The molecule has 0 aliphatic carbocycles. The fourth-order valence-electron chi connectivity index (χ4n) is 2.01. The standard InChI is InChI=1S/C15H11BrN2O/c16-11-6-2-1-5-10(11)9-14-15(19)18-13-8-4-3-7-12(13)17-14/h1-8H,9H2,(H,18,19). The molecule has 0 saturated heterocycles. The Hall–Kier alpha value is -1.94. The summed E-state index contributed by atoms with van der Waals surface area (Å²) in [5.74, 6) is 0. The van der Waals surface area contributed by atoms with Gasteiger partial charge in [-0.25, -0.2) is 4.98 Å². The van der Waals surface area contributed by atoms with Gasteiger partial charge in [0.2, 0.25) is 0 Å². The quantitative estimate of drug-likeness (QED) is 0.789. The van der Waals surface area contributed by atoms with Gasteiger partial charge in [0.1, 0.15) is 5.69 Å². The number of hydrogen-bond donors (Lipinski definition) is 1. The Balaban J connectivity index is 2.08. The molecule has 0 aliphatic heterocycles. The van der Waals surface area contributed by atoms with Gasteiger partial charge in [-0.3, -0.25) is 4.79 Å². The monoisotopic (exact) mass is 314 g/mol. The van der Waals surface area contributed by atoms with E-state index in [2.05, 4.69) is 25.9 Å². The van der Waals surface area contributed by atoms with Crippen molar-refractivity contribution in [1.29, 1.82) is 0 Å². The van der Waals surface area contributed by atoms with Crippen molar-refractivity contribution in [2.45, 2.75) is 6.42 Å². The Morgan fingerprint density at radius 3 is 2.63 bits per heavy atom. The van der Waals surface area contributed by atoms with E-state index in [9.17, 15) is 4.79 Å². The lowest BCUT2D eigenvalue weighted by Crippen LogP contribution is -2.15. The van der Waals surface area contributed by atoms with Crippen molar-refractivity contribution < 1.29 is 0 Å². The Bertz CT molecular complexity index is 795. The molecule has 19 heavy (non-hydrogen) atoms. The zero-order valence-corrected chi connectivity index (χ0v) is 11.6. The first-order chi connectivity index (χ1) is 9.24. The Morgan fingerprint density at radius 1 is 1.05 bits per heavy atom. The van der Waals surface area contributed by atoms with Crippen molar-refractivity contribution in [1.82, 2.24) is 9.97 Å². The highest BCUT2D eigenvalue weighted by Crippen LogP contribution is 2.18. The third-order valence-electron chi connectivity index (χ3n) is 2.99. The van der Waals surface area contributed by atoms with Crippen molar-refractivity contribution >= 4 is 27.0 Å². The maximum absolute atomic E-state index is 12.0. The lowest BCUT2D eigenvalue weighted by molar-refractivity contribution is 1.02. The lowest BCUT2D eigenvalue weighted by Gasteiger charge is -2.04. The highest BCUT2D eigenvalue weighted by molar-refractivity contribution is 9.10. The molecule has 0 aliphatic rings. The van der Waals surface area contributed by atoms with E-state index >= 15 is 0 Å². The normalized spacial score (nSPS) is 10.8. The van der Waals surface area contributed by atoms with Crippen LogP contribution in [0.3, 0.4) is 0 Å². The van der Waals surface area contributed by atoms with Gasteiger partial charge in [-0.1, -0.05) is 46.3 Å². The van der Waals surface area contributed by atoms with Crippen molar-refractivity contribution in [2.75, 3.05) is 0 Å². The first-order valence-corrected chi connectivity index (χ1v) is 6.75. The molecule has 0 amide bonds. The summed E-state index contributed by atoms with van der Waals surface area (Å²) in [4.78, 5) is 19.3. The minimum absolute atomic E-state index is 0.130. The maximum Gasteiger partial charge on any atom is 0.270 e. The molecule has 1 aromatic heterocycles. The Kier molecular flexibility index (Phi) is 3.17. The molecule has 1 N–H and O–H groups in total. The molecule has 2 aromatic carbocycles. The van der Waals surface area contributed by atoms with E-state index in [4.69, 9.17) is 0 Å². The molecule has 3 rings (SSSR count). The molecule has 0 atom stereocenters. The van der Waals surface area contributed by atoms with E-state index in [1.54, 1.807) is 0 Å². The SMILES string of the molecule is O=c1[nH]c2ccccc2nc1Cc1ccccc1Br. The smallest absolute Gasteiger partial charge is 0.270 e. The van der Waals surface area contributed by atoms with Crippen molar-refractivity contribution in [3.05, 3.63) is 74.6 Å². The number of benzene rings is 2. The van der Waals surface area contributed by atoms with Crippen LogP contribution in [0.1, 0.15) is 11.3 Å². The van der Waals surface area contributed by atoms with Crippen LogP contribution in [-0.2, 0) is 6.42 Å². The van der Waals surface area contributed by atoms with Crippen LogP contribution in [0.5, 0.6) is 0 Å². The second kappa shape index (κ2) is 4.97. The number of aromatic amines is 1. The molecule has 1 heterocycles. The molecule has 0 spiro atoms. The van der Waals surface area contributed by atoms with Crippen LogP contribution >= 0.6 is 15.9 Å². The third kappa shape index (κ3) is 2.44. The van der Waals surface area contributed by atoms with Crippen LogP contribution in [0.25, 0.3) is 11.0 Å². The van der Waals surface area contributed by atoms with E-state index < -0.39 is 0 Å². The third-order valence-corrected chi connectivity index (χ3v) is 3.76. The van der Waals surface area contributed by atoms with E-state index in [0.717, 1.165) is 21.1 Å². The second-order valence-electron chi connectivity index (χ2n) is 4.30. The van der Waals surface area contributed by atoms with Gasteiger partial charge in [-0.15, -0.1) is 0 Å². The zero-order chi connectivity index (χ0) is 13.2. The van der Waals surface area contributed by atoms with Gasteiger partial charge in [0, 0.05) is 10.9 Å². The first kappa shape index (κ1) is 12.1. The average Bonchev–Trinajstić information content (AvgIpc) is 2.42. The lowest BCUT2D eigenvalue weighted by atomic mass is 10.1. The molecule has 0 bridgehead atoms. The van der Waals surface area contributed by atoms with Gasteiger partial charge in [-0.2, -0.15) is 0 Å². The fourth-order valence-corrected chi connectivity index (χ4v) is 2.43. The van der Waals surface area contributed by atoms with Crippen LogP contribution in [0, 0.1) is 0 Å². The number of fused-ring (bicyclic) bond motifs is 1. The van der Waals surface area contributed by atoms with Crippen molar-refractivity contribution in [3.8, 4) is 0 Å². The number of halogens is 1. The highest BCUT2D eigenvalue weighted by Gasteiger charge is 2.07. The van der Waals surface area contributed by atoms with Crippen LogP contribution in [0.4, 0.5) is 0 Å². The number of para-hydroxylation sites is 2. The van der Waals surface area contributed by atoms with E-state index in [-0.39, 0.29) is 5.56 Å². The number of aromatic nitrogens is 2. The van der Waals surface area contributed by atoms with Gasteiger partial charge in [0.05, 0.1) is 11.0 Å². The average molecular weight is 315 g/mol. The largest absolute Gasteiger partial charge is 0.319 e. The summed E-state index contributed by atoms with van der Waals surface area (Å²) < 4.78 is 0.990. The van der Waals surface area contributed by atoms with Gasteiger partial charge in [0.15, 0.2) is 0 Å². The molecule has 3 nitrogen and oxygen atoms in total. The first-order valence-electron chi connectivity index (χ1n) is 5.95. The Morgan fingerprint density at radius 2 is 1.79 bits per heavy atom. The maximum atomic E-state index is 12.0. The van der Waals surface area contributed by atoms with Gasteiger partial charge in [-0.05, 0) is 23.8 Å². The van der Waals surface area contributed by atoms with E-state index in [0.29, 0.717) is 12.1 Å². The molecule has 0 fully saturated rings. The minimum atomic E-state index is -0.130. The fraction of sp³-hybridized carbons (Fsp3) is 0.0667. The summed E-state index contributed by atoms with van der Waals surface area (Å²) in [5, 5.41) is 0. The van der Waals surface area contributed by atoms with E-state index in [1.165, 1.54) is 0 Å². The molecule has 0 saturated carbocycles. The summed E-state index contributed by atoms with van der Waals surface area (Å²) in [6, 6.07) is 15.4. The number of H-pyrrole nitrogens is 1. The minimum Gasteiger partial charge on any atom is -0.319 e. The van der Waals surface area contributed by atoms with Crippen LogP contribution in [0.2, 0.25) is 0 Å². The number of nitrogens with one attached hydrogen (secondary N) is 1. The van der Waals surface area contributed by atoms with E-state index in [1.807, 2.05) is 48.5 Å². The van der Waals surface area contributed by atoms with Gasteiger partial charge >= 0.3 is 0 Å². The number of hydrogen-bond acceptors (Lipinski definition) is 2. The summed E-state index contributed by atoms with van der Waals surface area (Å²) in [7, 11) is 0. The molecule has 4 heteroatoms. The summed E-state index contributed by atoms with van der Waals surface area (Å²) >= 11 is 3.49. The Labute approximate surface area is 118 Å². The molecule has 3 aromatic rings. The van der Waals surface area contributed by atoms with Gasteiger partial charge < -0.3 is 4.98 Å². The zero-order valence-electron chi connectivity index (χ0n) is 10.1. The van der Waals surface area contributed by atoms with Crippen molar-refractivity contribution in [3.63, 3.8) is 0 Å². The predicted molar refractivity (Wildman–Crippen MR) is 79.3 cm³/mol. The van der Waals surface area contributed by atoms with Crippen LogP contribution in [-0.4, -0.2) is 9.97 Å². The molecular weight excluding hydrogens is 304 g/mol. The summed E-state index contributed by atoms with van der Waals surface area (Å²) in [6.07, 6.45) is 0.515. The molecule has 0 unspecified atom stereocenters. The summed E-state index contributed by atoms with van der Waals surface area (Å²) in [5.41, 5.74) is 3.03.